The fraction of sp³-hybridized carbons (Fsp3) is 0.222. The first-order valence-electron chi connectivity index (χ1n) is 3.80. The van der Waals surface area contributed by atoms with Crippen LogP contribution in [0.2, 0.25) is 0 Å². The Morgan fingerprint density at radius 3 is 2.69 bits per heavy atom. The molecule has 0 heterocycles. The first-order chi connectivity index (χ1) is 6.33. The Balaban J connectivity index is 2.44. The number of nitrogens with zero attached hydrogens (tertiary/aromatic N) is 1. The third-order valence-electron chi connectivity index (χ3n) is 1.31. The molecule has 0 amide bonds. The molecule has 0 aromatic heterocycles. The van der Waals surface area contributed by atoms with Crippen molar-refractivity contribution >= 4 is 17.8 Å². The van der Waals surface area contributed by atoms with E-state index in [1.165, 1.54) is 18.3 Å². The van der Waals surface area contributed by atoms with Crippen molar-refractivity contribution in [2.24, 2.45) is 5.16 Å². The van der Waals surface area contributed by atoms with Crippen LogP contribution in [0.15, 0.2) is 29.4 Å². The fourth-order valence-electron chi connectivity index (χ4n) is 0.734. The number of halogens is 2. The quantitative estimate of drug-likeness (QED) is 0.317. The Kier molecular flexibility index (Phi) is 4.26. The van der Waals surface area contributed by atoms with Gasteiger partial charge in [0.25, 0.3) is 0 Å². The highest BCUT2D eigenvalue weighted by molar-refractivity contribution is 6.17. The van der Waals surface area contributed by atoms with Gasteiger partial charge in [-0.1, -0.05) is 17.3 Å². The summed E-state index contributed by atoms with van der Waals surface area (Å²) in [6.45, 7) is 0.374. The second-order valence-electron chi connectivity index (χ2n) is 2.31. The largest absolute Gasteiger partial charge is 0.395 e. The minimum Gasteiger partial charge on any atom is -0.395 e. The number of benzene rings is 1. The van der Waals surface area contributed by atoms with E-state index in [2.05, 4.69) is 5.16 Å². The van der Waals surface area contributed by atoms with Gasteiger partial charge in [0.15, 0.2) is 0 Å². The van der Waals surface area contributed by atoms with Crippen LogP contribution in [-0.2, 0) is 4.84 Å². The minimum absolute atomic E-state index is 0.265. The molecule has 0 unspecified atom stereocenters. The zero-order chi connectivity index (χ0) is 9.52. The minimum atomic E-state index is -0.265. The third-order valence-corrected chi connectivity index (χ3v) is 1.47. The van der Waals surface area contributed by atoms with Crippen molar-refractivity contribution in [2.45, 2.75) is 0 Å². The van der Waals surface area contributed by atoms with Crippen LogP contribution in [0.1, 0.15) is 5.56 Å². The van der Waals surface area contributed by atoms with E-state index in [1.54, 1.807) is 12.1 Å². The van der Waals surface area contributed by atoms with E-state index < -0.39 is 0 Å². The van der Waals surface area contributed by atoms with Crippen molar-refractivity contribution in [2.75, 3.05) is 12.5 Å². The highest BCUT2D eigenvalue weighted by Crippen LogP contribution is 1.99. The molecule has 1 aromatic rings. The van der Waals surface area contributed by atoms with Gasteiger partial charge in [-0.15, -0.1) is 11.6 Å². The van der Waals surface area contributed by atoms with Crippen molar-refractivity contribution < 1.29 is 9.23 Å². The maximum atomic E-state index is 12.4. The van der Waals surface area contributed by atoms with Gasteiger partial charge in [-0.3, -0.25) is 0 Å². The number of hydrogen-bond acceptors (Lipinski definition) is 2. The van der Waals surface area contributed by atoms with Gasteiger partial charge < -0.3 is 4.84 Å². The topological polar surface area (TPSA) is 21.6 Å². The average Bonchev–Trinajstić information content (AvgIpc) is 2.15. The predicted molar refractivity (Wildman–Crippen MR) is 50.7 cm³/mol. The van der Waals surface area contributed by atoms with Gasteiger partial charge in [0.1, 0.15) is 12.4 Å². The molecule has 2 nitrogen and oxygen atoms in total. The zero-order valence-electron chi connectivity index (χ0n) is 6.91. The van der Waals surface area contributed by atoms with Crippen LogP contribution >= 0.6 is 11.6 Å². The zero-order valence-corrected chi connectivity index (χ0v) is 7.67. The first-order valence-corrected chi connectivity index (χ1v) is 4.33. The van der Waals surface area contributed by atoms with Crippen molar-refractivity contribution in [3.63, 3.8) is 0 Å². The van der Waals surface area contributed by atoms with E-state index in [1.807, 2.05) is 0 Å². The lowest BCUT2D eigenvalue weighted by atomic mass is 10.2. The summed E-state index contributed by atoms with van der Waals surface area (Å²) >= 11 is 5.36. The molecule has 0 aliphatic carbocycles. The van der Waals surface area contributed by atoms with E-state index >= 15 is 0 Å². The molecule has 1 rings (SSSR count). The molecule has 0 spiro atoms. The Labute approximate surface area is 81.0 Å². The number of oxime groups is 1. The Morgan fingerprint density at radius 2 is 2.08 bits per heavy atom. The molecule has 0 aliphatic rings. The predicted octanol–water partition coefficient (Wildman–Crippen LogP) is 2.42. The molecule has 0 atom stereocenters. The van der Waals surface area contributed by atoms with E-state index in [0.717, 1.165) is 5.56 Å². The SMILES string of the molecule is Fc1ccc(C=NOCCCl)cc1. The van der Waals surface area contributed by atoms with Crippen LogP contribution in [0.5, 0.6) is 0 Å². The standard InChI is InChI=1S/C9H9ClFNO/c10-5-6-13-12-7-8-1-3-9(11)4-2-8/h1-4,7H,5-6H2. The molecule has 70 valence electrons. The molecule has 0 bridgehead atoms. The summed E-state index contributed by atoms with van der Waals surface area (Å²) in [6.07, 6.45) is 1.51. The summed E-state index contributed by atoms with van der Waals surface area (Å²) < 4.78 is 12.4. The molecule has 0 aliphatic heterocycles. The van der Waals surface area contributed by atoms with Crippen LogP contribution in [0.4, 0.5) is 4.39 Å². The summed E-state index contributed by atoms with van der Waals surface area (Å²) in [6, 6.07) is 5.96. The smallest absolute Gasteiger partial charge is 0.130 e. The number of hydrogen-bond donors (Lipinski definition) is 0. The lowest BCUT2D eigenvalue weighted by Gasteiger charge is -1.93. The molecule has 0 saturated heterocycles. The second kappa shape index (κ2) is 5.54. The average molecular weight is 202 g/mol. The molecule has 0 radical (unpaired) electrons. The van der Waals surface area contributed by atoms with Crippen molar-refractivity contribution in [1.82, 2.24) is 0 Å². The Morgan fingerprint density at radius 1 is 1.38 bits per heavy atom. The third kappa shape index (κ3) is 3.90. The van der Waals surface area contributed by atoms with Crippen LogP contribution in [-0.4, -0.2) is 18.7 Å². The van der Waals surface area contributed by atoms with E-state index in [0.29, 0.717) is 12.5 Å². The van der Waals surface area contributed by atoms with Crippen LogP contribution in [0, 0.1) is 5.82 Å². The maximum absolute atomic E-state index is 12.4. The van der Waals surface area contributed by atoms with E-state index in [9.17, 15) is 4.39 Å². The molecule has 0 fully saturated rings. The fourth-order valence-corrected chi connectivity index (χ4v) is 0.803. The van der Waals surface area contributed by atoms with Gasteiger partial charge in [-0.2, -0.15) is 0 Å². The molecule has 1 aromatic carbocycles. The molecule has 4 heteroatoms. The summed E-state index contributed by atoms with van der Waals surface area (Å²) in [4.78, 5) is 4.76. The van der Waals surface area contributed by atoms with Gasteiger partial charge in [0, 0.05) is 0 Å². The van der Waals surface area contributed by atoms with E-state index in [-0.39, 0.29) is 5.82 Å². The lowest BCUT2D eigenvalue weighted by molar-refractivity contribution is 0.162. The lowest BCUT2D eigenvalue weighted by Crippen LogP contribution is -1.89. The Hall–Kier alpha value is -1.09. The van der Waals surface area contributed by atoms with Crippen LogP contribution < -0.4 is 0 Å². The highest BCUT2D eigenvalue weighted by atomic mass is 35.5. The number of alkyl halides is 1. The molecule has 13 heavy (non-hydrogen) atoms. The van der Waals surface area contributed by atoms with Gasteiger partial charge in [0.05, 0.1) is 12.1 Å². The number of rotatable bonds is 4. The van der Waals surface area contributed by atoms with Crippen molar-refractivity contribution in [1.29, 1.82) is 0 Å². The van der Waals surface area contributed by atoms with Gasteiger partial charge in [-0.05, 0) is 17.7 Å². The molecule has 0 N–H and O–H groups in total. The summed E-state index contributed by atoms with van der Waals surface area (Å²) in [5.41, 5.74) is 0.788. The summed E-state index contributed by atoms with van der Waals surface area (Å²) in [7, 11) is 0. The normalized spacial score (nSPS) is 10.6. The van der Waals surface area contributed by atoms with Crippen molar-refractivity contribution in [3.8, 4) is 0 Å². The summed E-state index contributed by atoms with van der Waals surface area (Å²) in [5.74, 6) is 0.139. The monoisotopic (exact) mass is 201 g/mol. The first kappa shape index (κ1) is 9.99. The molecular weight excluding hydrogens is 193 g/mol. The van der Waals surface area contributed by atoms with Crippen LogP contribution in [0.25, 0.3) is 0 Å². The molecular formula is C9H9ClFNO. The second-order valence-corrected chi connectivity index (χ2v) is 2.69. The molecule has 0 saturated carbocycles. The van der Waals surface area contributed by atoms with E-state index in [4.69, 9.17) is 16.4 Å². The maximum Gasteiger partial charge on any atom is 0.130 e. The van der Waals surface area contributed by atoms with Gasteiger partial charge >= 0.3 is 0 Å². The summed E-state index contributed by atoms with van der Waals surface area (Å²) in [5, 5.41) is 3.63. The van der Waals surface area contributed by atoms with Gasteiger partial charge in [0.2, 0.25) is 0 Å². The van der Waals surface area contributed by atoms with Crippen LogP contribution in [0.3, 0.4) is 0 Å². The van der Waals surface area contributed by atoms with Gasteiger partial charge in [-0.25, -0.2) is 4.39 Å². The van der Waals surface area contributed by atoms with Crippen molar-refractivity contribution in [3.05, 3.63) is 35.6 Å². The Bertz CT molecular complexity index is 273. The highest BCUT2D eigenvalue weighted by Gasteiger charge is 1.89.